The molecule has 4 nitrogen and oxygen atoms in total. The summed E-state index contributed by atoms with van der Waals surface area (Å²) in [6, 6.07) is 14.1. The first kappa shape index (κ1) is 14.8. The average Bonchev–Trinajstić information content (AvgIpc) is 2.47. The monoisotopic (exact) mass is 283 g/mol. The van der Waals surface area contributed by atoms with Crippen molar-refractivity contribution in [1.29, 1.82) is 0 Å². The Bertz CT molecular complexity index is 641. The largest absolute Gasteiger partial charge is 0.545 e. The van der Waals surface area contributed by atoms with E-state index in [4.69, 9.17) is 4.74 Å². The quantitative estimate of drug-likeness (QED) is 0.808. The molecule has 21 heavy (non-hydrogen) atoms. The predicted octanol–water partition coefficient (Wildman–Crippen LogP) is 2.34. The van der Waals surface area contributed by atoms with Gasteiger partial charge in [0.05, 0.1) is 5.97 Å². The van der Waals surface area contributed by atoms with Crippen molar-refractivity contribution in [1.82, 2.24) is 0 Å². The van der Waals surface area contributed by atoms with Crippen molar-refractivity contribution in [2.75, 3.05) is 0 Å². The van der Waals surface area contributed by atoms with Crippen molar-refractivity contribution in [2.24, 2.45) is 0 Å². The molecule has 0 heterocycles. The zero-order valence-electron chi connectivity index (χ0n) is 11.8. The normalized spacial score (nSPS) is 11.7. The molecule has 0 aromatic heterocycles. The van der Waals surface area contributed by atoms with E-state index in [0.717, 1.165) is 16.7 Å². The summed E-state index contributed by atoms with van der Waals surface area (Å²) in [4.78, 5) is 21.6. The summed E-state index contributed by atoms with van der Waals surface area (Å²) in [5, 5.41) is 10.7. The number of hydrogen-bond donors (Lipinski definition) is 0. The summed E-state index contributed by atoms with van der Waals surface area (Å²) in [6.07, 6.45) is -0.294. The van der Waals surface area contributed by atoms with Crippen molar-refractivity contribution >= 4 is 11.9 Å². The van der Waals surface area contributed by atoms with E-state index in [0.29, 0.717) is 0 Å². The van der Waals surface area contributed by atoms with Gasteiger partial charge in [-0.2, -0.15) is 0 Å². The Morgan fingerprint density at radius 3 is 1.86 bits per heavy atom. The van der Waals surface area contributed by atoms with Crippen molar-refractivity contribution in [2.45, 2.75) is 20.0 Å². The molecule has 0 fully saturated rings. The molecule has 0 bridgehead atoms. The van der Waals surface area contributed by atoms with Gasteiger partial charge in [0, 0.05) is 6.92 Å². The molecule has 108 valence electrons. The molecule has 0 saturated carbocycles. The summed E-state index contributed by atoms with van der Waals surface area (Å²) in [5.74, 6) is -1.50. The highest BCUT2D eigenvalue weighted by atomic mass is 16.5. The smallest absolute Gasteiger partial charge is 0.303 e. The van der Waals surface area contributed by atoms with Crippen LogP contribution in [0.1, 0.15) is 35.9 Å². The second-order valence-corrected chi connectivity index (χ2v) is 4.74. The van der Waals surface area contributed by atoms with Crippen molar-refractivity contribution in [3.05, 3.63) is 59.7 Å². The lowest BCUT2D eigenvalue weighted by molar-refractivity contribution is -0.255. The molecule has 1 unspecified atom stereocenters. The van der Waals surface area contributed by atoms with Gasteiger partial charge < -0.3 is 14.6 Å². The number of carbonyl (C=O) groups excluding carboxylic acids is 2. The maximum Gasteiger partial charge on any atom is 0.303 e. The standard InChI is InChI=1S/C17H16O4/c1-11(21-12(2)18)13-3-5-14(6-4-13)15-7-9-16(10-8-15)17(19)20/h3-11H,1-2H3,(H,19,20)/p-1. The van der Waals surface area contributed by atoms with E-state index < -0.39 is 5.97 Å². The summed E-state index contributed by atoms with van der Waals surface area (Å²) >= 11 is 0. The van der Waals surface area contributed by atoms with Gasteiger partial charge in [0.2, 0.25) is 0 Å². The minimum absolute atomic E-state index is 0.152. The molecular weight excluding hydrogens is 268 g/mol. The number of benzene rings is 2. The van der Waals surface area contributed by atoms with E-state index in [1.54, 1.807) is 12.1 Å². The molecule has 0 N–H and O–H groups in total. The fraction of sp³-hybridized carbons (Fsp3) is 0.176. The first-order valence-corrected chi connectivity index (χ1v) is 6.56. The molecule has 0 saturated heterocycles. The van der Waals surface area contributed by atoms with E-state index in [9.17, 15) is 14.7 Å². The van der Waals surface area contributed by atoms with Gasteiger partial charge >= 0.3 is 5.97 Å². The SMILES string of the molecule is CC(=O)OC(C)c1ccc(-c2ccc(C(=O)[O-])cc2)cc1. The van der Waals surface area contributed by atoms with Gasteiger partial charge in [-0.25, -0.2) is 0 Å². The minimum atomic E-state index is -1.19. The van der Waals surface area contributed by atoms with E-state index >= 15 is 0 Å². The second kappa shape index (κ2) is 6.22. The first-order chi connectivity index (χ1) is 9.97. The van der Waals surface area contributed by atoms with Crippen LogP contribution in [-0.2, 0) is 9.53 Å². The van der Waals surface area contributed by atoms with E-state index in [2.05, 4.69) is 0 Å². The van der Waals surface area contributed by atoms with Crippen LogP contribution in [0, 0.1) is 0 Å². The Balaban J connectivity index is 2.18. The zero-order valence-corrected chi connectivity index (χ0v) is 11.8. The van der Waals surface area contributed by atoms with Crippen LogP contribution in [0.3, 0.4) is 0 Å². The van der Waals surface area contributed by atoms with Gasteiger partial charge in [-0.1, -0.05) is 48.5 Å². The van der Waals surface area contributed by atoms with Gasteiger partial charge in [0.15, 0.2) is 0 Å². The molecule has 2 aromatic carbocycles. The fourth-order valence-corrected chi connectivity index (χ4v) is 2.06. The average molecular weight is 283 g/mol. The number of ether oxygens (including phenoxy) is 1. The number of carboxylic acids is 1. The molecule has 0 amide bonds. The number of aromatic carboxylic acids is 1. The van der Waals surface area contributed by atoms with E-state index in [1.165, 1.54) is 19.1 Å². The summed E-state index contributed by atoms with van der Waals surface area (Å²) in [5.41, 5.74) is 2.92. The molecule has 0 aliphatic heterocycles. The van der Waals surface area contributed by atoms with Crippen LogP contribution >= 0.6 is 0 Å². The lowest BCUT2D eigenvalue weighted by Crippen LogP contribution is -2.21. The fourth-order valence-electron chi connectivity index (χ4n) is 2.06. The third kappa shape index (κ3) is 3.69. The Labute approximate surface area is 123 Å². The van der Waals surface area contributed by atoms with Gasteiger partial charge in [-0.05, 0) is 29.2 Å². The molecule has 0 aliphatic carbocycles. The Morgan fingerprint density at radius 1 is 0.952 bits per heavy atom. The molecule has 0 spiro atoms. The van der Waals surface area contributed by atoms with E-state index in [1.807, 2.05) is 31.2 Å². The van der Waals surface area contributed by atoms with Crippen LogP contribution in [0.15, 0.2) is 48.5 Å². The summed E-state index contributed by atoms with van der Waals surface area (Å²) < 4.78 is 5.11. The highest BCUT2D eigenvalue weighted by Crippen LogP contribution is 2.23. The van der Waals surface area contributed by atoms with Crippen molar-refractivity contribution < 1.29 is 19.4 Å². The van der Waals surface area contributed by atoms with E-state index in [-0.39, 0.29) is 17.6 Å². The van der Waals surface area contributed by atoms with Crippen LogP contribution in [0.2, 0.25) is 0 Å². The van der Waals surface area contributed by atoms with Gasteiger partial charge in [-0.15, -0.1) is 0 Å². The van der Waals surface area contributed by atoms with Crippen LogP contribution < -0.4 is 5.11 Å². The molecule has 2 rings (SSSR count). The Hall–Kier alpha value is -2.62. The lowest BCUT2D eigenvalue weighted by atomic mass is 10.0. The number of hydrogen-bond acceptors (Lipinski definition) is 4. The van der Waals surface area contributed by atoms with Crippen LogP contribution in [0.4, 0.5) is 0 Å². The maximum absolute atomic E-state index is 10.9. The molecule has 0 radical (unpaired) electrons. The first-order valence-electron chi connectivity index (χ1n) is 6.56. The molecule has 4 heteroatoms. The van der Waals surface area contributed by atoms with Crippen molar-refractivity contribution in [3.8, 4) is 11.1 Å². The molecular formula is C17H15O4-. The van der Waals surface area contributed by atoms with Crippen molar-refractivity contribution in [3.63, 3.8) is 0 Å². The third-order valence-electron chi connectivity index (χ3n) is 3.18. The van der Waals surface area contributed by atoms with Crippen LogP contribution in [0.25, 0.3) is 11.1 Å². The third-order valence-corrected chi connectivity index (χ3v) is 3.18. The predicted molar refractivity (Wildman–Crippen MR) is 76.4 cm³/mol. The minimum Gasteiger partial charge on any atom is -0.545 e. The van der Waals surface area contributed by atoms with Gasteiger partial charge in [-0.3, -0.25) is 4.79 Å². The zero-order chi connectivity index (χ0) is 15.4. The number of carbonyl (C=O) groups is 2. The summed E-state index contributed by atoms with van der Waals surface area (Å²) in [6.45, 7) is 3.19. The Kier molecular flexibility index (Phi) is 4.38. The number of carboxylic acid groups (broad SMARTS) is 1. The summed E-state index contributed by atoms with van der Waals surface area (Å²) in [7, 11) is 0. The number of esters is 1. The highest BCUT2D eigenvalue weighted by molar-refractivity contribution is 5.86. The molecule has 0 aliphatic rings. The lowest BCUT2D eigenvalue weighted by Gasteiger charge is -2.13. The maximum atomic E-state index is 10.9. The second-order valence-electron chi connectivity index (χ2n) is 4.74. The number of rotatable bonds is 4. The topological polar surface area (TPSA) is 66.4 Å². The van der Waals surface area contributed by atoms with Crippen LogP contribution in [0.5, 0.6) is 0 Å². The Morgan fingerprint density at radius 2 is 1.43 bits per heavy atom. The highest BCUT2D eigenvalue weighted by Gasteiger charge is 2.08. The van der Waals surface area contributed by atoms with Crippen LogP contribution in [-0.4, -0.2) is 11.9 Å². The van der Waals surface area contributed by atoms with Gasteiger partial charge in [0.1, 0.15) is 6.10 Å². The molecule has 2 aromatic rings. The van der Waals surface area contributed by atoms with Gasteiger partial charge in [0.25, 0.3) is 0 Å². The molecule has 1 atom stereocenters.